The normalized spacial score (nSPS) is 9.43. The van der Waals surface area contributed by atoms with E-state index in [0.29, 0.717) is 0 Å². The van der Waals surface area contributed by atoms with Crippen molar-refractivity contribution in [3.05, 3.63) is 34.4 Å². The SMILES string of the molecule is NC(=O)CNc1ccccc1[N+](=O)[O-]. The fourth-order valence-corrected chi connectivity index (χ4v) is 0.965. The maximum atomic E-state index is 10.5. The van der Waals surface area contributed by atoms with Gasteiger partial charge in [-0.1, -0.05) is 12.1 Å². The Morgan fingerprint density at radius 1 is 1.50 bits per heavy atom. The van der Waals surface area contributed by atoms with Gasteiger partial charge in [0, 0.05) is 6.07 Å². The summed E-state index contributed by atoms with van der Waals surface area (Å²) in [5, 5.41) is 13.1. The smallest absolute Gasteiger partial charge is 0.292 e. The van der Waals surface area contributed by atoms with E-state index in [1.54, 1.807) is 12.1 Å². The number of nitro benzene ring substituents is 1. The Labute approximate surface area is 79.9 Å². The highest BCUT2D eigenvalue weighted by atomic mass is 16.6. The molecule has 0 aromatic heterocycles. The molecular weight excluding hydrogens is 186 g/mol. The number of benzene rings is 1. The lowest BCUT2D eigenvalue weighted by Crippen LogP contribution is -2.22. The molecule has 0 atom stereocenters. The number of carbonyl (C=O) groups excluding carboxylic acids is 1. The van der Waals surface area contributed by atoms with E-state index in [1.165, 1.54) is 12.1 Å². The van der Waals surface area contributed by atoms with Crippen molar-refractivity contribution in [2.45, 2.75) is 0 Å². The number of nitrogens with zero attached hydrogens (tertiary/aromatic N) is 1. The molecule has 1 aromatic carbocycles. The zero-order chi connectivity index (χ0) is 10.6. The second-order valence-electron chi connectivity index (χ2n) is 2.59. The van der Waals surface area contributed by atoms with Gasteiger partial charge in [0.05, 0.1) is 11.5 Å². The molecule has 1 amide bonds. The van der Waals surface area contributed by atoms with E-state index >= 15 is 0 Å². The standard InChI is InChI=1S/C8H9N3O3/c9-8(12)5-10-6-3-1-2-4-7(6)11(13)14/h1-4,10H,5H2,(H2,9,12). The molecular formula is C8H9N3O3. The lowest BCUT2D eigenvalue weighted by atomic mass is 10.2. The topological polar surface area (TPSA) is 98.3 Å². The van der Waals surface area contributed by atoms with Crippen LogP contribution in [0, 0.1) is 10.1 Å². The Bertz CT molecular complexity index is 365. The first-order valence-corrected chi connectivity index (χ1v) is 3.87. The van der Waals surface area contributed by atoms with Crippen LogP contribution in [0.15, 0.2) is 24.3 Å². The Balaban J connectivity index is 2.84. The Hall–Kier alpha value is -2.11. The van der Waals surface area contributed by atoms with E-state index in [1.807, 2.05) is 0 Å². The average molecular weight is 195 g/mol. The first-order valence-electron chi connectivity index (χ1n) is 3.87. The Kier molecular flexibility index (Phi) is 3.01. The molecule has 6 nitrogen and oxygen atoms in total. The van der Waals surface area contributed by atoms with Gasteiger partial charge in [-0.05, 0) is 6.07 Å². The lowest BCUT2D eigenvalue weighted by molar-refractivity contribution is -0.383. The minimum atomic E-state index is -0.567. The third-order valence-corrected chi connectivity index (χ3v) is 1.55. The highest BCUT2D eigenvalue weighted by Crippen LogP contribution is 2.22. The molecule has 3 N–H and O–H groups in total. The molecule has 6 heteroatoms. The molecule has 0 heterocycles. The third kappa shape index (κ3) is 2.44. The van der Waals surface area contributed by atoms with Crippen molar-refractivity contribution in [1.82, 2.24) is 0 Å². The first-order chi connectivity index (χ1) is 6.61. The number of nitro groups is 1. The van der Waals surface area contributed by atoms with Crippen molar-refractivity contribution in [1.29, 1.82) is 0 Å². The van der Waals surface area contributed by atoms with Crippen LogP contribution >= 0.6 is 0 Å². The number of nitrogens with one attached hydrogen (secondary N) is 1. The highest BCUT2D eigenvalue weighted by Gasteiger charge is 2.11. The number of hydrogen-bond acceptors (Lipinski definition) is 4. The summed E-state index contributed by atoms with van der Waals surface area (Å²) in [4.78, 5) is 20.4. The van der Waals surface area contributed by atoms with Crippen LogP contribution in [0.2, 0.25) is 0 Å². The summed E-state index contributed by atoms with van der Waals surface area (Å²) in [6, 6.07) is 6.05. The van der Waals surface area contributed by atoms with E-state index in [-0.39, 0.29) is 17.9 Å². The molecule has 14 heavy (non-hydrogen) atoms. The van der Waals surface area contributed by atoms with Gasteiger partial charge in [-0.25, -0.2) is 0 Å². The van der Waals surface area contributed by atoms with E-state index in [4.69, 9.17) is 5.73 Å². The van der Waals surface area contributed by atoms with Crippen molar-refractivity contribution >= 4 is 17.3 Å². The van der Waals surface area contributed by atoms with Crippen LogP contribution in [0.1, 0.15) is 0 Å². The Morgan fingerprint density at radius 3 is 2.71 bits per heavy atom. The van der Waals surface area contributed by atoms with Crippen molar-refractivity contribution in [2.75, 3.05) is 11.9 Å². The molecule has 0 unspecified atom stereocenters. The van der Waals surface area contributed by atoms with Gasteiger partial charge in [-0.15, -0.1) is 0 Å². The lowest BCUT2D eigenvalue weighted by Gasteiger charge is -2.03. The zero-order valence-electron chi connectivity index (χ0n) is 7.27. The molecule has 1 aromatic rings. The van der Waals surface area contributed by atoms with E-state index in [0.717, 1.165) is 0 Å². The minimum Gasteiger partial charge on any atom is -0.371 e. The zero-order valence-corrected chi connectivity index (χ0v) is 7.27. The monoisotopic (exact) mass is 195 g/mol. The van der Waals surface area contributed by atoms with Crippen LogP contribution in [0.4, 0.5) is 11.4 Å². The molecule has 0 aliphatic carbocycles. The van der Waals surface area contributed by atoms with Crippen LogP contribution in [-0.4, -0.2) is 17.4 Å². The summed E-state index contributed by atoms with van der Waals surface area (Å²) in [6.07, 6.45) is 0. The highest BCUT2D eigenvalue weighted by molar-refractivity contribution is 5.79. The van der Waals surface area contributed by atoms with Gasteiger partial charge in [0.25, 0.3) is 5.69 Å². The van der Waals surface area contributed by atoms with Crippen LogP contribution < -0.4 is 11.1 Å². The van der Waals surface area contributed by atoms with Gasteiger partial charge in [-0.2, -0.15) is 0 Å². The van der Waals surface area contributed by atoms with Crippen molar-refractivity contribution in [2.24, 2.45) is 5.73 Å². The summed E-state index contributed by atoms with van der Waals surface area (Å²) in [5.74, 6) is -0.567. The Morgan fingerprint density at radius 2 is 2.14 bits per heavy atom. The third-order valence-electron chi connectivity index (χ3n) is 1.55. The van der Waals surface area contributed by atoms with Gasteiger partial charge in [0.15, 0.2) is 0 Å². The van der Waals surface area contributed by atoms with E-state index < -0.39 is 10.8 Å². The second-order valence-corrected chi connectivity index (χ2v) is 2.59. The molecule has 0 bridgehead atoms. The fraction of sp³-hybridized carbons (Fsp3) is 0.125. The number of nitrogens with two attached hydrogens (primary N) is 1. The van der Waals surface area contributed by atoms with Crippen molar-refractivity contribution in [3.63, 3.8) is 0 Å². The molecule has 0 spiro atoms. The largest absolute Gasteiger partial charge is 0.371 e. The van der Waals surface area contributed by atoms with Crippen molar-refractivity contribution in [3.8, 4) is 0 Å². The molecule has 0 fully saturated rings. The number of amides is 1. The fourth-order valence-electron chi connectivity index (χ4n) is 0.965. The van der Waals surface area contributed by atoms with Crippen LogP contribution in [0.3, 0.4) is 0 Å². The average Bonchev–Trinajstić information content (AvgIpc) is 2.15. The number of para-hydroxylation sites is 2. The molecule has 0 aliphatic heterocycles. The van der Waals surface area contributed by atoms with Gasteiger partial charge < -0.3 is 11.1 Å². The molecule has 1 rings (SSSR count). The maximum absolute atomic E-state index is 10.5. The quantitative estimate of drug-likeness (QED) is 0.539. The molecule has 0 radical (unpaired) electrons. The van der Waals surface area contributed by atoms with E-state index in [2.05, 4.69) is 5.32 Å². The summed E-state index contributed by atoms with van der Waals surface area (Å²) in [6.45, 7) is -0.120. The number of primary amides is 1. The number of anilines is 1. The van der Waals surface area contributed by atoms with E-state index in [9.17, 15) is 14.9 Å². The van der Waals surface area contributed by atoms with Crippen LogP contribution in [0.25, 0.3) is 0 Å². The summed E-state index contributed by atoms with van der Waals surface area (Å²) < 4.78 is 0. The van der Waals surface area contributed by atoms with Gasteiger partial charge in [0.2, 0.25) is 5.91 Å². The number of carbonyl (C=O) groups is 1. The number of hydrogen-bond donors (Lipinski definition) is 2. The van der Waals surface area contributed by atoms with Crippen LogP contribution in [0.5, 0.6) is 0 Å². The van der Waals surface area contributed by atoms with Gasteiger partial charge in [-0.3, -0.25) is 14.9 Å². The van der Waals surface area contributed by atoms with Crippen molar-refractivity contribution < 1.29 is 9.72 Å². The maximum Gasteiger partial charge on any atom is 0.292 e. The molecule has 74 valence electrons. The predicted molar refractivity (Wildman–Crippen MR) is 50.8 cm³/mol. The summed E-state index contributed by atoms with van der Waals surface area (Å²) in [5.41, 5.74) is 5.11. The number of rotatable bonds is 4. The predicted octanol–water partition coefficient (Wildman–Crippen LogP) is 0.492. The minimum absolute atomic E-state index is 0.0752. The van der Waals surface area contributed by atoms with Gasteiger partial charge in [0.1, 0.15) is 5.69 Å². The first kappa shape index (κ1) is 9.97. The molecule has 0 aliphatic rings. The molecule has 0 saturated heterocycles. The van der Waals surface area contributed by atoms with Crippen LogP contribution in [-0.2, 0) is 4.79 Å². The summed E-state index contributed by atoms with van der Waals surface area (Å²) in [7, 11) is 0. The molecule has 0 saturated carbocycles. The van der Waals surface area contributed by atoms with Gasteiger partial charge >= 0.3 is 0 Å². The second kappa shape index (κ2) is 4.22. The summed E-state index contributed by atoms with van der Waals surface area (Å²) >= 11 is 0.